The maximum absolute atomic E-state index is 8.53. The number of morpholine rings is 1. The zero-order chi connectivity index (χ0) is 12.8. The standard InChI is InChI=1S/C11H24N4O2/c1-9(6-11(12)13-16)15(3)8-10-7-14(2)4-5-17-10/h9-10,16H,4-8H2,1-3H3,(H2,12,13). The number of oxime groups is 1. The Morgan fingerprint density at radius 1 is 1.71 bits per heavy atom. The highest BCUT2D eigenvalue weighted by atomic mass is 16.5. The molecular formula is C11H24N4O2. The fourth-order valence-corrected chi connectivity index (χ4v) is 1.98. The summed E-state index contributed by atoms with van der Waals surface area (Å²) in [5.74, 6) is 0.269. The van der Waals surface area contributed by atoms with Crippen LogP contribution in [0.4, 0.5) is 0 Å². The van der Waals surface area contributed by atoms with E-state index in [9.17, 15) is 0 Å². The Labute approximate surface area is 103 Å². The smallest absolute Gasteiger partial charge is 0.140 e. The Balaban J connectivity index is 2.34. The zero-order valence-corrected chi connectivity index (χ0v) is 11.0. The van der Waals surface area contributed by atoms with Gasteiger partial charge in [0.25, 0.3) is 0 Å². The lowest BCUT2D eigenvalue weighted by molar-refractivity contribution is -0.0362. The predicted molar refractivity (Wildman–Crippen MR) is 67.4 cm³/mol. The number of hydrogen-bond donors (Lipinski definition) is 2. The third-order valence-corrected chi connectivity index (χ3v) is 3.22. The molecule has 100 valence electrons. The van der Waals surface area contributed by atoms with Crippen molar-refractivity contribution in [3.05, 3.63) is 0 Å². The van der Waals surface area contributed by atoms with Crippen molar-refractivity contribution in [1.82, 2.24) is 9.80 Å². The van der Waals surface area contributed by atoms with Crippen LogP contribution in [0, 0.1) is 0 Å². The molecule has 1 fully saturated rings. The van der Waals surface area contributed by atoms with Gasteiger partial charge >= 0.3 is 0 Å². The summed E-state index contributed by atoms with van der Waals surface area (Å²) < 4.78 is 5.71. The molecule has 0 aromatic heterocycles. The van der Waals surface area contributed by atoms with Crippen molar-refractivity contribution < 1.29 is 9.94 Å². The molecule has 1 heterocycles. The van der Waals surface area contributed by atoms with E-state index in [2.05, 4.69) is 28.9 Å². The van der Waals surface area contributed by atoms with Crippen LogP contribution in [0.3, 0.4) is 0 Å². The molecule has 0 aromatic carbocycles. The van der Waals surface area contributed by atoms with E-state index < -0.39 is 0 Å². The lowest BCUT2D eigenvalue weighted by Crippen LogP contribution is -2.47. The fraction of sp³-hybridized carbons (Fsp3) is 0.909. The second kappa shape index (κ2) is 6.78. The van der Waals surface area contributed by atoms with Crippen LogP contribution >= 0.6 is 0 Å². The highest BCUT2D eigenvalue weighted by Crippen LogP contribution is 2.08. The molecule has 0 amide bonds. The minimum atomic E-state index is 0.238. The number of ether oxygens (including phenoxy) is 1. The number of amidine groups is 1. The lowest BCUT2D eigenvalue weighted by Gasteiger charge is -2.34. The van der Waals surface area contributed by atoms with Crippen LogP contribution in [0.25, 0.3) is 0 Å². The molecule has 2 atom stereocenters. The highest BCUT2D eigenvalue weighted by Gasteiger charge is 2.21. The van der Waals surface area contributed by atoms with E-state index in [0.717, 1.165) is 26.2 Å². The predicted octanol–water partition coefficient (Wildman–Crippen LogP) is -0.226. The summed E-state index contributed by atoms with van der Waals surface area (Å²) in [5.41, 5.74) is 5.50. The minimum Gasteiger partial charge on any atom is -0.409 e. The van der Waals surface area contributed by atoms with Gasteiger partial charge in [-0.3, -0.25) is 0 Å². The number of likely N-dealkylation sites (N-methyl/N-ethyl adjacent to an activating group) is 2. The van der Waals surface area contributed by atoms with E-state index in [1.54, 1.807) is 0 Å². The lowest BCUT2D eigenvalue weighted by atomic mass is 10.1. The number of nitrogens with zero attached hydrogens (tertiary/aromatic N) is 3. The maximum atomic E-state index is 8.53. The molecule has 1 rings (SSSR count). The van der Waals surface area contributed by atoms with Crippen molar-refractivity contribution in [1.29, 1.82) is 0 Å². The van der Waals surface area contributed by atoms with E-state index in [0.29, 0.717) is 6.42 Å². The molecule has 0 spiro atoms. The normalized spacial score (nSPS) is 25.2. The quantitative estimate of drug-likeness (QED) is 0.302. The molecule has 1 aliphatic rings. The average molecular weight is 244 g/mol. The Bertz CT molecular complexity index is 260. The molecule has 1 aliphatic heterocycles. The first-order chi connectivity index (χ1) is 8.02. The first kappa shape index (κ1) is 14.2. The fourth-order valence-electron chi connectivity index (χ4n) is 1.98. The molecule has 0 aliphatic carbocycles. The van der Waals surface area contributed by atoms with Crippen LogP contribution in [-0.2, 0) is 4.74 Å². The SMILES string of the molecule is CC(CC(N)=NO)N(C)CC1CN(C)CCO1. The van der Waals surface area contributed by atoms with Gasteiger partial charge in [0.1, 0.15) is 5.84 Å². The molecule has 0 radical (unpaired) electrons. The van der Waals surface area contributed by atoms with Crippen LogP contribution in [0.1, 0.15) is 13.3 Å². The second-order valence-corrected chi connectivity index (χ2v) is 4.84. The van der Waals surface area contributed by atoms with Gasteiger partial charge in [0.2, 0.25) is 0 Å². The molecule has 1 saturated heterocycles. The summed E-state index contributed by atoms with van der Waals surface area (Å²) >= 11 is 0. The molecule has 0 saturated carbocycles. The Hall–Kier alpha value is -0.850. The average Bonchev–Trinajstić information content (AvgIpc) is 2.28. The first-order valence-electron chi connectivity index (χ1n) is 5.99. The highest BCUT2D eigenvalue weighted by molar-refractivity contribution is 5.80. The molecule has 0 aromatic rings. The van der Waals surface area contributed by atoms with Crippen LogP contribution in [0.15, 0.2) is 5.16 Å². The van der Waals surface area contributed by atoms with Gasteiger partial charge < -0.3 is 25.5 Å². The largest absolute Gasteiger partial charge is 0.409 e. The van der Waals surface area contributed by atoms with Gasteiger partial charge in [-0.15, -0.1) is 0 Å². The second-order valence-electron chi connectivity index (χ2n) is 4.84. The summed E-state index contributed by atoms with van der Waals surface area (Å²) in [6.07, 6.45) is 0.809. The van der Waals surface area contributed by atoms with Gasteiger partial charge in [0, 0.05) is 32.1 Å². The zero-order valence-electron chi connectivity index (χ0n) is 11.0. The third-order valence-electron chi connectivity index (χ3n) is 3.22. The topological polar surface area (TPSA) is 74.3 Å². The summed E-state index contributed by atoms with van der Waals surface area (Å²) in [6, 6.07) is 0.238. The van der Waals surface area contributed by atoms with Gasteiger partial charge in [0.15, 0.2) is 0 Å². The number of rotatable bonds is 5. The Morgan fingerprint density at radius 3 is 3.00 bits per heavy atom. The monoisotopic (exact) mass is 244 g/mol. The van der Waals surface area contributed by atoms with Crippen molar-refractivity contribution in [2.75, 3.05) is 40.3 Å². The summed E-state index contributed by atoms with van der Waals surface area (Å²) in [6.45, 7) is 5.68. The van der Waals surface area contributed by atoms with Crippen LogP contribution in [0.5, 0.6) is 0 Å². The summed E-state index contributed by atoms with van der Waals surface area (Å²) in [4.78, 5) is 4.46. The van der Waals surface area contributed by atoms with Crippen molar-refractivity contribution in [3.63, 3.8) is 0 Å². The van der Waals surface area contributed by atoms with E-state index in [1.165, 1.54) is 0 Å². The first-order valence-corrected chi connectivity index (χ1v) is 5.99. The molecular weight excluding hydrogens is 220 g/mol. The Kier molecular flexibility index (Phi) is 5.67. The number of hydrogen-bond acceptors (Lipinski definition) is 5. The molecule has 6 nitrogen and oxygen atoms in total. The van der Waals surface area contributed by atoms with E-state index >= 15 is 0 Å². The van der Waals surface area contributed by atoms with Gasteiger partial charge in [-0.25, -0.2) is 0 Å². The van der Waals surface area contributed by atoms with Crippen LogP contribution in [0.2, 0.25) is 0 Å². The van der Waals surface area contributed by atoms with Crippen LogP contribution in [-0.4, -0.2) is 73.3 Å². The van der Waals surface area contributed by atoms with Gasteiger partial charge in [-0.2, -0.15) is 0 Å². The van der Waals surface area contributed by atoms with Crippen molar-refractivity contribution in [3.8, 4) is 0 Å². The molecule has 17 heavy (non-hydrogen) atoms. The van der Waals surface area contributed by atoms with E-state index in [-0.39, 0.29) is 18.0 Å². The summed E-state index contributed by atoms with van der Waals surface area (Å²) in [7, 11) is 4.14. The molecule has 0 bridgehead atoms. The van der Waals surface area contributed by atoms with Gasteiger partial charge in [-0.1, -0.05) is 5.16 Å². The van der Waals surface area contributed by atoms with Crippen molar-refractivity contribution in [2.45, 2.75) is 25.5 Å². The molecule has 6 heteroatoms. The van der Waals surface area contributed by atoms with Crippen molar-refractivity contribution in [2.24, 2.45) is 10.9 Å². The Morgan fingerprint density at radius 2 is 2.41 bits per heavy atom. The maximum Gasteiger partial charge on any atom is 0.140 e. The van der Waals surface area contributed by atoms with E-state index in [4.69, 9.17) is 15.7 Å². The molecule has 3 N–H and O–H groups in total. The van der Waals surface area contributed by atoms with Gasteiger partial charge in [-0.05, 0) is 21.0 Å². The van der Waals surface area contributed by atoms with Crippen LogP contribution < -0.4 is 5.73 Å². The van der Waals surface area contributed by atoms with Crippen molar-refractivity contribution >= 4 is 5.84 Å². The van der Waals surface area contributed by atoms with E-state index in [1.807, 2.05) is 7.05 Å². The van der Waals surface area contributed by atoms with Gasteiger partial charge in [0.05, 0.1) is 12.7 Å². The summed E-state index contributed by atoms with van der Waals surface area (Å²) in [5, 5.41) is 11.5. The number of nitrogens with two attached hydrogens (primary N) is 1. The molecule has 2 unspecified atom stereocenters. The third kappa shape index (κ3) is 4.89. The minimum absolute atomic E-state index is 0.238.